The van der Waals surface area contributed by atoms with Crippen LogP contribution in [0, 0.1) is 17.0 Å². The Bertz CT molecular complexity index is 1120. The van der Waals surface area contributed by atoms with Gasteiger partial charge in [0, 0.05) is 24.9 Å². The van der Waals surface area contributed by atoms with Gasteiger partial charge in [0.05, 0.1) is 23.3 Å². The van der Waals surface area contributed by atoms with Crippen LogP contribution in [0.25, 0.3) is 6.08 Å². The van der Waals surface area contributed by atoms with Crippen molar-refractivity contribution in [2.45, 2.75) is 27.0 Å². The summed E-state index contributed by atoms with van der Waals surface area (Å²) in [6.45, 7) is 4.72. The minimum atomic E-state index is -0.443. The zero-order valence-corrected chi connectivity index (χ0v) is 17.6. The number of benzene rings is 2. The first kappa shape index (κ1) is 21.8. The lowest BCUT2D eigenvalue weighted by atomic mass is 10.1. The Balaban J connectivity index is 1.68. The van der Waals surface area contributed by atoms with Gasteiger partial charge in [0.1, 0.15) is 6.61 Å². The maximum atomic E-state index is 12.5. The summed E-state index contributed by atoms with van der Waals surface area (Å²) in [6.07, 6.45) is 4.97. The van der Waals surface area contributed by atoms with Gasteiger partial charge in [-0.15, -0.1) is 0 Å². The van der Waals surface area contributed by atoms with Crippen LogP contribution in [0.1, 0.15) is 34.1 Å². The molecule has 0 atom stereocenters. The third-order valence-electron chi connectivity index (χ3n) is 4.69. The third kappa shape index (κ3) is 5.36. The van der Waals surface area contributed by atoms with Crippen LogP contribution in [0.15, 0.2) is 54.7 Å². The number of allylic oxidation sites excluding steroid dienone is 1. The smallest absolute Gasteiger partial charge is 0.269 e. The van der Waals surface area contributed by atoms with Crippen LogP contribution in [0.5, 0.6) is 11.5 Å². The number of nitrogens with zero attached hydrogens (tertiary/aromatic N) is 3. The molecule has 0 fully saturated rings. The molecule has 0 aliphatic rings. The van der Waals surface area contributed by atoms with Gasteiger partial charge in [-0.25, -0.2) is 0 Å². The normalized spacial score (nSPS) is 10.9. The van der Waals surface area contributed by atoms with Gasteiger partial charge in [-0.2, -0.15) is 5.10 Å². The number of nitro groups is 1. The van der Waals surface area contributed by atoms with Gasteiger partial charge >= 0.3 is 0 Å². The second kappa shape index (κ2) is 9.71. The van der Waals surface area contributed by atoms with Gasteiger partial charge < -0.3 is 9.47 Å². The molecule has 0 spiro atoms. The van der Waals surface area contributed by atoms with Crippen molar-refractivity contribution >= 4 is 17.5 Å². The predicted molar refractivity (Wildman–Crippen MR) is 116 cm³/mol. The van der Waals surface area contributed by atoms with E-state index in [-0.39, 0.29) is 18.1 Å². The number of carbonyl (C=O) groups excluding carboxylic acids is 1. The summed E-state index contributed by atoms with van der Waals surface area (Å²) >= 11 is 0. The molecule has 3 rings (SSSR count). The molecule has 0 saturated carbocycles. The molecule has 0 unspecified atom stereocenters. The lowest BCUT2D eigenvalue weighted by Crippen LogP contribution is -1.98. The van der Waals surface area contributed by atoms with E-state index in [1.165, 1.54) is 25.3 Å². The molecule has 3 aromatic rings. The fourth-order valence-corrected chi connectivity index (χ4v) is 2.97. The van der Waals surface area contributed by atoms with Gasteiger partial charge in [0.2, 0.25) is 0 Å². The second-order valence-electron chi connectivity index (χ2n) is 6.80. The first-order valence-electron chi connectivity index (χ1n) is 9.72. The van der Waals surface area contributed by atoms with Crippen LogP contribution < -0.4 is 9.47 Å². The summed E-state index contributed by atoms with van der Waals surface area (Å²) in [5.74, 6) is 0.936. The van der Waals surface area contributed by atoms with E-state index in [1.807, 2.05) is 19.9 Å². The second-order valence-corrected chi connectivity index (χ2v) is 6.80. The summed E-state index contributed by atoms with van der Waals surface area (Å²) in [4.78, 5) is 22.8. The Labute approximate surface area is 179 Å². The van der Waals surface area contributed by atoms with Crippen LogP contribution in [0.2, 0.25) is 0 Å². The van der Waals surface area contributed by atoms with Crippen LogP contribution >= 0.6 is 0 Å². The van der Waals surface area contributed by atoms with Crippen molar-refractivity contribution in [2.75, 3.05) is 7.11 Å². The highest BCUT2D eigenvalue weighted by Gasteiger charge is 2.11. The van der Waals surface area contributed by atoms with E-state index < -0.39 is 4.92 Å². The number of nitro benzene ring substituents is 1. The molecule has 31 heavy (non-hydrogen) atoms. The van der Waals surface area contributed by atoms with E-state index in [0.29, 0.717) is 29.3 Å². The molecule has 0 aliphatic carbocycles. The highest BCUT2D eigenvalue weighted by Crippen LogP contribution is 2.29. The van der Waals surface area contributed by atoms with Crippen LogP contribution in [0.3, 0.4) is 0 Å². The zero-order valence-electron chi connectivity index (χ0n) is 17.6. The molecule has 2 aromatic carbocycles. The molecule has 1 aromatic heterocycles. The molecule has 0 N–H and O–H groups in total. The van der Waals surface area contributed by atoms with Crippen molar-refractivity contribution in [3.8, 4) is 11.5 Å². The largest absolute Gasteiger partial charge is 0.493 e. The molecule has 8 heteroatoms. The van der Waals surface area contributed by atoms with E-state index in [1.54, 1.807) is 41.2 Å². The maximum absolute atomic E-state index is 12.5. The van der Waals surface area contributed by atoms with Crippen LogP contribution in [-0.4, -0.2) is 27.6 Å². The molecule has 0 saturated heterocycles. The standard InChI is InChI=1S/C23H23N3O5/c1-4-25-14-20(16(2)24-25)21(27)11-7-17-8-12-22(23(13-17)30-3)31-15-18-5-9-19(10-6-18)26(28)29/h5-14H,4,15H2,1-3H3/b11-7+. The zero-order chi connectivity index (χ0) is 22.4. The summed E-state index contributed by atoms with van der Waals surface area (Å²) in [5.41, 5.74) is 2.89. The lowest BCUT2D eigenvalue weighted by Gasteiger charge is -2.11. The fourth-order valence-electron chi connectivity index (χ4n) is 2.97. The van der Waals surface area contributed by atoms with E-state index in [4.69, 9.17) is 9.47 Å². The predicted octanol–water partition coefficient (Wildman–Crippen LogP) is 4.60. The fraction of sp³-hybridized carbons (Fsp3) is 0.217. The molecule has 0 amide bonds. The minimum absolute atomic E-state index is 0.0317. The first-order valence-corrected chi connectivity index (χ1v) is 9.72. The number of hydrogen-bond acceptors (Lipinski definition) is 6. The van der Waals surface area contributed by atoms with Crippen molar-refractivity contribution in [3.63, 3.8) is 0 Å². The molecule has 8 nitrogen and oxygen atoms in total. The molecule has 0 bridgehead atoms. The number of non-ortho nitro benzene ring substituents is 1. The number of ether oxygens (including phenoxy) is 2. The quantitative estimate of drug-likeness (QED) is 0.217. The number of aromatic nitrogens is 2. The first-order chi connectivity index (χ1) is 14.9. The van der Waals surface area contributed by atoms with Crippen molar-refractivity contribution in [1.29, 1.82) is 0 Å². The van der Waals surface area contributed by atoms with E-state index in [9.17, 15) is 14.9 Å². The highest BCUT2D eigenvalue weighted by atomic mass is 16.6. The number of methoxy groups -OCH3 is 1. The number of hydrogen-bond donors (Lipinski definition) is 0. The van der Waals surface area contributed by atoms with E-state index in [0.717, 1.165) is 11.1 Å². The minimum Gasteiger partial charge on any atom is -0.493 e. The number of aryl methyl sites for hydroxylation is 2. The summed E-state index contributed by atoms with van der Waals surface area (Å²) < 4.78 is 12.9. The topological polar surface area (TPSA) is 96.5 Å². The average molecular weight is 421 g/mol. The Hall–Kier alpha value is -3.94. The van der Waals surface area contributed by atoms with Crippen LogP contribution in [0.4, 0.5) is 5.69 Å². The van der Waals surface area contributed by atoms with Crippen molar-refractivity contribution in [2.24, 2.45) is 0 Å². The third-order valence-corrected chi connectivity index (χ3v) is 4.69. The van der Waals surface area contributed by atoms with Crippen molar-refractivity contribution in [1.82, 2.24) is 9.78 Å². The molecule has 1 heterocycles. The lowest BCUT2D eigenvalue weighted by molar-refractivity contribution is -0.384. The van der Waals surface area contributed by atoms with Crippen LogP contribution in [-0.2, 0) is 13.2 Å². The Morgan fingerprint density at radius 1 is 1.19 bits per heavy atom. The number of ketones is 1. The van der Waals surface area contributed by atoms with Gasteiger partial charge in [0.25, 0.3) is 5.69 Å². The van der Waals surface area contributed by atoms with Crippen molar-refractivity contribution in [3.05, 3.63) is 87.2 Å². The Morgan fingerprint density at radius 2 is 1.94 bits per heavy atom. The summed E-state index contributed by atoms with van der Waals surface area (Å²) in [5, 5.41) is 15.0. The van der Waals surface area contributed by atoms with E-state index >= 15 is 0 Å². The SMILES string of the molecule is CCn1cc(C(=O)/C=C/c2ccc(OCc3ccc([N+](=O)[O-])cc3)c(OC)c2)c(C)n1. The number of carbonyl (C=O) groups is 1. The average Bonchev–Trinajstić information content (AvgIpc) is 3.17. The Kier molecular flexibility index (Phi) is 6.81. The molecule has 0 radical (unpaired) electrons. The Morgan fingerprint density at radius 3 is 2.55 bits per heavy atom. The van der Waals surface area contributed by atoms with Crippen molar-refractivity contribution < 1.29 is 19.2 Å². The molecule has 160 valence electrons. The maximum Gasteiger partial charge on any atom is 0.269 e. The highest BCUT2D eigenvalue weighted by molar-refractivity contribution is 6.07. The van der Waals surface area contributed by atoms with Gasteiger partial charge in [0.15, 0.2) is 17.3 Å². The van der Waals surface area contributed by atoms with Gasteiger partial charge in [-0.3, -0.25) is 19.6 Å². The van der Waals surface area contributed by atoms with Gasteiger partial charge in [-0.1, -0.05) is 12.1 Å². The number of rotatable bonds is 9. The summed E-state index contributed by atoms with van der Waals surface area (Å²) in [7, 11) is 1.54. The van der Waals surface area contributed by atoms with E-state index in [2.05, 4.69) is 5.10 Å². The van der Waals surface area contributed by atoms with Gasteiger partial charge in [-0.05, 0) is 55.3 Å². The summed E-state index contributed by atoms with van der Waals surface area (Å²) in [6, 6.07) is 11.5. The molecular weight excluding hydrogens is 398 g/mol. The monoisotopic (exact) mass is 421 g/mol. The molecular formula is C23H23N3O5. The molecule has 0 aliphatic heterocycles.